The molecule has 1 heterocycles. The van der Waals surface area contributed by atoms with Crippen LogP contribution >= 0.6 is 0 Å². The van der Waals surface area contributed by atoms with Gasteiger partial charge in [-0.1, -0.05) is 45.4 Å². The summed E-state index contributed by atoms with van der Waals surface area (Å²) in [4.78, 5) is 4.42. The Balaban J connectivity index is 2.60. The number of rotatable bonds is 3. The Labute approximate surface area is 97.5 Å². The van der Waals surface area contributed by atoms with Crippen molar-refractivity contribution in [2.24, 2.45) is 0 Å². The fraction of sp³-hybridized carbons (Fsp3) is 0.400. The molecule has 16 heavy (non-hydrogen) atoms. The van der Waals surface area contributed by atoms with Crippen molar-refractivity contribution in [1.82, 2.24) is 4.98 Å². The van der Waals surface area contributed by atoms with Crippen molar-refractivity contribution >= 4 is 10.9 Å². The molecule has 1 heteroatoms. The Morgan fingerprint density at radius 3 is 2.69 bits per heavy atom. The summed E-state index contributed by atoms with van der Waals surface area (Å²) in [6.45, 7) is 6.88. The van der Waals surface area contributed by atoms with Crippen LogP contribution in [0.2, 0.25) is 0 Å². The number of benzene rings is 1. The first kappa shape index (κ1) is 11.1. The van der Waals surface area contributed by atoms with Crippen LogP contribution in [0.3, 0.4) is 0 Å². The minimum atomic E-state index is 0.233. The van der Waals surface area contributed by atoms with E-state index in [1.807, 2.05) is 12.3 Å². The summed E-state index contributed by atoms with van der Waals surface area (Å²) in [6, 6.07) is 10.6. The molecule has 0 aliphatic heterocycles. The quantitative estimate of drug-likeness (QED) is 0.740. The molecule has 1 aromatic heterocycles. The SMILES string of the molecule is CCCC(C)(C)c1cccc2ncccc12. The average Bonchev–Trinajstić information content (AvgIpc) is 2.28. The highest BCUT2D eigenvalue weighted by molar-refractivity contribution is 5.83. The van der Waals surface area contributed by atoms with Crippen LogP contribution in [0.15, 0.2) is 36.5 Å². The second kappa shape index (κ2) is 4.25. The average molecular weight is 213 g/mol. The fourth-order valence-electron chi connectivity index (χ4n) is 2.45. The number of fused-ring (bicyclic) bond motifs is 1. The molecule has 0 aliphatic rings. The van der Waals surface area contributed by atoms with Gasteiger partial charge >= 0.3 is 0 Å². The van der Waals surface area contributed by atoms with Gasteiger partial charge in [0.15, 0.2) is 0 Å². The van der Waals surface area contributed by atoms with E-state index in [1.54, 1.807) is 0 Å². The van der Waals surface area contributed by atoms with E-state index in [2.05, 4.69) is 50.0 Å². The summed E-state index contributed by atoms with van der Waals surface area (Å²) in [6.07, 6.45) is 4.28. The van der Waals surface area contributed by atoms with Gasteiger partial charge in [0.05, 0.1) is 5.52 Å². The zero-order valence-electron chi connectivity index (χ0n) is 10.3. The first-order valence-corrected chi connectivity index (χ1v) is 5.99. The topological polar surface area (TPSA) is 12.9 Å². The molecule has 0 spiro atoms. The molecule has 0 atom stereocenters. The van der Waals surface area contributed by atoms with E-state index in [-0.39, 0.29) is 5.41 Å². The van der Waals surface area contributed by atoms with E-state index >= 15 is 0 Å². The zero-order chi connectivity index (χ0) is 11.6. The van der Waals surface area contributed by atoms with Crippen LogP contribution < -0.4 is 0 Å². The summed E-state index contributed by atoms with van der Waals surface area (Å²) in [5.74, 6) is 0. The van der Waals surface area contributed by atoms with E-state index in [4.69, 9.17) is 0 Å². The summed E-state index contributed by atoms with van der Waals surface area (Å²) in [5.41, 5.74) is 2.75. The molecule has 0 N–H and O–H groups in total. The van der Waals surface area contributed by atoms with E-state index in [0.29, 0.717) is 0 Å². The van der Waals surface area contributed by atoms with Crippen LogP contribution in [0.25, 0.3) is 10.9 Å². The van der Waals surface area contributed by atoms with E-state index in [1.165, 1.54) is 23.8 Å². The van der Waals surface area contributed by atoms with Crippen molar-refractivity contribution in [3.05, 3.63) is 42.1 Å². The molecule has 0 aliphatic carbocycles. The molecule has 0 bridgehead atoms. The molecule has 84 valence electrons. The van der Waals surface area contributed by atoms with Gasteiger partial charge in [0.2, 0.25) is 0 Å². The Kier molecular flexibility index (Phi) is 2.95. The Morgan fingerprint density at radius 2 is 1.94 bits per heavy atom. The number of aromatic nitrogens is 1. The van der Waals surface area contributed by atoms with Gasteiger partial charge in [0.25, 0.3) is 0 Å². The van der Waals surface area contributed by atoms with Crippen LogP contribution in [0, 0.1) is 0 Å². The molecule has 2 aromatic rings. The molecule has 0 radical (unpaired) electrons. The lowest BCUT2D eigenvalue weighted by Gasteiger charge is -2.26. The van der Waals surface area contributed by atoms with Crippen molar-refractivity contribution in [2.45, 2.75) is 39.0 Å². The number of hydrogen-bond donors (Lipinski definition) is 0. The van der Waals surface area contributed by atoms with Crippen LogP contribution in [0.4, 0.5) is 0 Å². The smallest absolute Gasteiger partial charge is 0.0704 e. The molecule has 0 fully saturated rings. The highest BCUT2D eigenvalue weighted by Gasteiger charge is 2.21. The standard InChI is InChI=1S/C15H19N/c1-4-10-15(2,3)13-8-5-9-14-12(13)7-6-11-16-14/h5-9,11H,4,10H2,1-3H3. The Bertz CT molecular complexity index is 480. The van der Waals surface area contributed by atoms with Gasteiger partial charge in [-0.2, -0.15) is 0 Å². The molecule has 0 saturated carbocycles. The number of hydrogen-bond acceptors (Lipinski definition) is 1. The zero-order valence-corrected chi connectivity index (χ0v) is 10.3. The molecule has 0 saturated heterocycles. The minimum Gasteiger partial charge on any atom is -0.256 e. The second-order valence-electron chi connectivity index (χ2n) is 5.01. The molecular formula is C15H19N. The maximum Gasteiger partial charge on any atom is 0.0704 e. The predicted octanol–water partition coefficient (Wildman–Crippen LogP) is 4.31. The Morgan fingerprint density at radius 1 is 1.12 bits per heavy atom. The second-order valence-corrected chi connectivity index (χ2v) is 5.01. The largest absolute Gasteiger partial charge is 0.256 e. The molecular weight excluding hydrogens is 194 g/mol. The molecule has 1 nitrogen and oxygen atoms in total. The van der Waals surface area contributed by atoms with Crippen molar-refractivity contribution in [3.63, 3.8) is 0 Å². The van der Waals surface area contributed by atoms with Crippen molar-refractivity contribution < 1.29 is 0 Å². The van der Waals surface area contributed by atoms with Gasteiger partial charge in [0.1, 0.15) is 0 Å². The highest BCUT2D eigenvalue weighted by atomic mass is 14.6. The van der Waals surface area contributed by atoms with Crippen molar-refractivity contribution in [2.75, 3.05) is 0 Å². The third-order valence-corrected chi connectivity index (χ3v) is 3.25. The lowest BCUT2D eigenvalue weighted by atomic mass is 9.79. The van der Waals surface area contributed by atoms with E-state index in [0.717, 1.165) is 5.52 Å². The maximum atomic E-state index is 4.42. The lowest BCUT2D eigenvalue weighted by Crippen LogP contribution is -2.17. The lowest BCUT2D eigenvalue weighted by molar-refractivity contribution is 0.477. The van der Waals surface area contributed by atoms with E-state index in [9.17, 15) is 0 Å². The minimum absolute atomic E-state index is 0.233. The third-order valence-electron chi connectivity index (χ3n) is 3.25. The van der Waals surface area contributed by atoms with Crippen molar-refractivity contribution in [3.8, 4) is 0 Å². The van der Waals surface area contributed by atoms with Gasteiger partial charge in [-0.05, 0) is 29.5 Å². The summed E-state index contributed by atoms with van der Waals surface area (Å²) in [5, 5.41) is 1.29. The van der Waals surface area contributed by atoms with Crippen LogP contribution in [-0.4, -0.2) is 4.98 Å². The number of pyridine rings is 1. The first-order chi connectivity index (χ1) is 7.65. The maximum absolute atomic E-state index is 4.42. The highest BCUT2D eigenvalue weighted by Crippen LogP contribution is 2.32. The summed E-state index contributed by atoms with van der Waals surface area (Å²) in [7, 11) is 0. The Hall–Kier alpha value is -1.37. The predicted molar refractivity (Wildman–Crippen MR) is 69.7 cm³/mol. The third kappa shape index (κ3) is 1.95. The van der Waals surface area contributed by atoms with Gasteiger partial charge in [0, 0.05) is 11.6 Å². The van der Waals surface area contributed by atoms with Crippen LogP contribution in [0.5, 0.6) is 0 Å². The number of nitrogens with zero attached hydrogens (tertiary/aromatic N) is 1. The van der Waals surface area contributed by atoms with Crippen molar-refractivity contribution in [1.29, 1.82) is 0 Å². The monoisotopic (exact) mass is 213 g/mol. The normalized spacial score (nSPS) is 11.9. The van der Waals surface area contributed by atoms with Gasteiger partial charge < -0.3 is 0 Å². The van der Waals surface area contributed by atoms with Gasteiger partial charge in [-0.3, -0.25) is 4.98 Å². The summed E-state index contributed by atoms with van der Waals surface area (Å²) >= 11 is 0. The molecule has 2 rings (SSSR count). The molecule has 1 aromatic carbocycles. The van der Waals surface area contributed by atoms with Gasteiger partial charge in [-0.15, -0.1) is 0 Å². The van der Waals surface area contributed by atoms with Crippen LogP contribution in [-0.2, 0) is 5.41 Å². The first-order valence-electron chi connectivity index (χ1n) is 5.99. The molecule has 0 amide bonds. The summed E-state index contributed by atoms with van der Waals surface area (Å²) < 4.78 is 0. The fourth-order valence-corrected chi connectivity index (χ4v) is 2.45. The van der Waals surface area contributed by atoms with Gasteiger partial charge in [-0.25, -0.2) is 0 Å². The van der Waals surface area contributed by atoms with E-state index < -0.39 is 0 Å². The van der Waals surface area contributed by atoms with Crippen LogP contribution in [0.1, 0.15) is 39.2 Å². The molecule has 0 unspecified atom stereocenters.